The highest BCUT2D eigenvalue weighted by Gasteiger charge is 2.55. The highest BCUT2D eigenvalue weighted by Crippen LogP contribution is 2.47. The Balaban J connectivity index is 1.60. The van der Waals surface area contributed by atoms with Crippen LogP contribution in [0.2, 0.25) is 0 Å². The van der Waals surface area contributed by atoms with Crippen LogP contribution in [-0.4, -0.2) is 67.8 Å². The molecule has 43 heavy (non-hydrogen) atoms. The third kappa shape index (κ3) is 6.51. The fourth-order valence-electron chi connectivity index (χ4n) is 5.41. The molecule has 0 aromatic heterocycles. The maximum absolute atomic E-state index is 14.5. The molecule has 3 aromatic rings. The number of aliphatic hydroxyl groups excluding tert-OH is 1. The molecule has 2 heterocycles. The number of hydrogen-bond acceptors (Lipinski definition) is 8. The van der Waals surface area contributed by atoms with Crippen molar-refractivity contribution in [2.45, 2.75) is 42.2 Å². The van der Waals surface area contributed by atoms with Gasteiger partial charge in [0.25, 0.3) is 5.91 Å². The van der Waals surface area contributed by atoms with Gasteiger partial charge < -0.3 is 19.5 Å². The zero-order valence-corrected chi connectivity index (χ0v) is 24.4. The molecule has 0 radical (unpaired) electrons. The molecule has 2 aliphatic heterocycles. The Bertz CT molecular complexity index is 1620. The summed E-state index contributed by atoms with van der Waals surface area (Å²) in [6.07, 6.45) is 0.958. The first-order valence-electron chi connectivity index (χ1n) is 14.2. The van der Waals surface area contributed by atoms with Crippen LogP contribution in [0, 0.1) is 0 Å². The molecule has 0 saturated carbocycles. The lowest BCUT2D eigenvalue weighted by Gasteiger charge is -2.34. The number of aliphatic imine (C=N–C) groups is 1. The molecule has 5 rings (SSSR count). The molecule has 224 valence electrons. The average molecular weight is 604 g/mol. The summed E-state index contributed by atoms with van der Waals surface area (Å²) in [7, 11) is -3.78. The van der Waals surface area contributed by atoms with Gasteiger partial charge in [-0.05, 0) is 54.8 Å². The van der Waals surface area contributed by atoms with Crippen LogP contribution < -0.4 is 4.74 Å². The van der Waals surface area contributed by atoms with Crippen LogP contribution in [0.1, 0.15) is 42.9 Å². The second-order valence-electron chi connectivity index (χ2n) is 10.4. The van der Waals surface area contributed by atoms with Gasteiger partial charge in [0.15, 0.2) is 21.5 Å². The van der Waals surface area contributed by atoms with Crippen molar-refractivity contribution in [1.82, 2.24) is 4.90 Å². The molecule has 1 amide bonds. The van der Waals surface area contributed by atoms with E-state index in [4.69, 9.17) is 19.6 Å². The van der Waals surface area contributed by atoms with Gasteiger partial charge in [0.05, 0.1) is 17.3 Å². The number of carbonyl (C=O) groups excluding carboxylic acids is 1. The quantitative estimate of drug-likeness (QED) is 0.131. The molecule has 0 aliphatic carbocycles. The van der Waals surface area contributed by atoms with E-state index in [1.807, 2.05) is 0 Å². The molecule has 2 aliphatic rings. The monoisotopic (exact) mass is 603 g/mol. The number of aliphatic hydroxyl groups is 1. The number of amides is 1. The predicted octanol–water partition coefficient (Wildman–Crippen LogP) is 5.13. The van der Waals surface area contributed by atoms with E-state index < -0.39 is 21.5 Å². The van der Waals surface area contributed by atoms with Gasteiger partial charge in [-0.15, -0.1) is 0 Å². The van der Waals surface area contributed by atoms with E-state index >= 15 is 0 Å². The first-order chi connectivity index (χ1) is 20.9. The number of carbonyl (C=O) groups is 1. The number of rotatable bonds is 12. The van der Waals surface area contributed by atoms with Gasteiger partial charge in [0, 0.05) is 54.3 Å². The van der Waals surface area contributed by atoms with E-state index in [9.17, 15) is 18.7 Å². The van der Waals surface area contributed by atoms with Crippen LogP contribution in [0.15, 0.2) is 93.9 Å². The molecule has 1 N–H and O–H groups in total. The van der Waals surface area contributed by atoms with Crippen LogP contribution in [0.3, 0.4) is 0 Å². The minimum Gasteiger partial charge on any atom is -0.494 e. The molecule has 1 fully saturated rings. The van der Waals surface area contributed by atoms with Crippen molar-refractivity contribution in [3.8, 4) is 5.75 Å². The van der Waals surface area contributed by atoms with Crippen LogP contribution in [0.5, 0.6) is 5.75 Å². The fraction of sp³-hybridized carbons (Fsp3) is 0.355. The highest BCUT2D eigenvalue weighted by molar-refractivity contribution is 7.91. The minimum atomic E-state index is -3.78. The Morgan fingerprint density at radius 2 is 1.77 bits per heavy atom. The second-order valence-corrected chi connectivity index (χ2v) is 12.5. The van der Waals surface area contributed by atoms with Crippen LogP contribution in [0.4, 0.5) is 5.69 Å². The summed E-state index contributed by atoms with van der Waals surface area (Å²) in [5, 5.41) is 12.9. The number of azide groups is 1. The topological polar surface area (TPSA) is 154 Å². The average Bonchev–Trinajstić information content (AvgIpc) is 3.71. The van der Waals surface area contributed by atoms with Crippen LogP contribution in [0.25, 0.3) is 10.4 Å². The molecule has 12 heteroatoms. The van der Waals surface area contributed by atoms with E-state index in [1.54, 1.807) is 71.6 Å². The van der Waals surface area contributed by atoms with Crippen LogP contribution >= 0.6 is 0 Å². The largest absolute Gasteiger partial charge is 0.494 e. The van der Waals surface area contributed by atoms with Gasteiger partial charge >= 0.3 is 0 Å². The number of sulfone groups is 1. The van der Waals surface area contributed by atoms with Gasteiger partial charge in [0.2, 0.25) is 5.90 Å². The molecular formula is C31H33N5O6S. The number of benzene rings is 3. The first kappa shape index (κ1) is 30.1. The number of likely N-dealkylation sites (tertiary alicyclic amines) is 1. The Hall–Kier alpha value is -4.38. The van der Waals surface area contributed by atoms with Crippen molar-refractivity contribution < 1.29 is 27.8 Å². The molecular weight excluding hydrogens is 570 g/mol. The lowest BCUT2D eigenvalue weighted by molar-refractivity contribution is -0.138. The summed E-state index contributed by atoms with van der Waals surface area (Å²) in [6, 6.07) is 21.9. The standard InChI is InChI=1S/C31H33N5O6S/c32-35-34-27-12-5-4-11-26(27)28-31(30(38)36-18-6-7-19-36,17-22-43(39,40)25-9-2-1-3-10-25)33-29(42-28)23-13-15-24(16-14-23)41-21-8-20-37/h1-5,9-16,28,37H,6-8,17-22H2/t28-,31-/m1/s1. The zero-order valence-electron chi connectivity index (χ0n) is 23.6. The van der Waals surface area contributed by atoms with Crippen molar-refractivity contribution in [3.05, 3.63) is 100 Å². The zero-order chi connectivity index (χ0) is 30.3. The van der Waals surface area contributed by atoms with E-state index in [0.29, 0.717) is 43.0 Å². The maximum Gasteiger partial charge on any atom is 0.254 e. The van der Waals surface area contributed by atoms with Crippen molar-refractivity contribution in [2.75, 3.05) is 32.1 Å². The van der Waals surface area contributed by atoms with Gasteiger partial charge in [0.1, 0.15) is 5.75 Å². The first-order valence-corrected chi connectivity index (χ1v) is 15.8. The molecule has 2 atom stereocenters. The summed E-state index contributed by atoms with van der Waals surface area (Å²) < 4.78 is 39.1. The number of hydrogen-bond donors (Lipinski definition) is 1. The molecule has 11 nitrogen and oxygen atoms in total. The molecule has 0 spiro atoms. The Labute approximate surface area is 250 Å². The van der Waals surface area contributed by atoms with Crippen molar-refractivity contribution in [1.29, 1.82) is 0 Å². The maximum atomic E-state index is 14.5. The van der Waals surface area contributed by atoms with Gasteiger partial charge in [-0.3, -0.25) is 4.79 Å². The number of ether oxygens (including phenoxy) is 2. The third-order valence-electron chi connectivity index (χ3n) is 7.63. The minimum absolute atomic E-state index is 0.0224. The lowest BCUT2D eigenvalue weighted by atomic mass is 9.84. The Kier molecular flexibility index (Phi) is 9.30. The second kappa shape index (κ2) is 13.3. The van der Waals surface area contributed by atoms with E-state index in [1.165, 1.54) is 12.1 Å². The normalized spacial score (nSPS) is 19.8. The van der Waals surface area contributed by atoms with E-state index in [2.05, 4.69) is 10.0 Å². The molecule has 3 aromatic carbocycles. The Morgan fingerprint density at radius 1 is 1.07 bits per heavy atom. The summed E-state index contributed by atoms with van der Waals surface area (Å²) in [6.45, 7) is 1.44. The fourth-order valence-corrected chi connectivity index (χ4v) is 6.80. The SMILES string of the molecule is [N-]=[N+]=Nc1ccccc1[C@H]1OC(c2ccc(OCCCO)cc2)=N[C@@]1(CCS(=O)(=O)c1ccccc1)C(=O)N1CCCC1. The van der Waals surface area contributed by atoms with Gasteiger partial charge in [-0.1, -0.05) is 47.6 Å². The third-order valence-corrected chi connectivity index (χ3v) is 9.36. The molecule has 0 unspecified atom stereocenters. The molecule has 0 bridgehead atoms. The Morgan fingerprint density at radius 3 is 2.47 bits per heavy atom. The lowest BCUT2D eigenvalue weighted by Crippen LogP contribution is -2.50. The molecule has 1 saturated heterocycles. The summed E-state index contributed by atoms with van der Waals surface area (Å²) in [4.78, 5) is 24.2. The van der Waals surface area contributed by atoms with Crippen molar-refractivity contribution in [3.63, 3.8) is 0 Å². The predicted molar refractivity (Wildman–Crippen MR) is 161 cm³/mol. The highest BCUT2D eigenvalue weighted by atomic mass is 32.2. The van der Waals surface area contributed by atoms with Crippen molar-refractivity contribution in [2.24, 2.45) is 10.1 Å². The number of nitrogens with zero attached hydrogens (tertiary/aromatic N) is 5. The van der Waals surface area contributed by atoms with E-state index in [-0.39, 0.29) is 41.2 Å². The summed E-state index contributed by atoms with van der Waals surface area (Å²) in [5.74, 6) is 0.0869. The summed E-state index contributed by atoms with van der Waals surface area (Å²) in [5.41, 5.74) is 8.91. The van der Waals surface area contributed by atoms with E-state index in [0.717, 1.165) is 12.8 Å². The van der Waals surface area contributed by atoms with Crippen LogP contribution in [-0.2, 0) is 19.4 Å². The van der Waals surface area contributed by atoms with Gasteiger partial charge in [-0.2, -0.15) is 0 Å². The van der Waals surface area contributed by atoms with Crippen molar-refractivity contribution >= 4 is 27.3 Å². The summed E-state index contributed by atoms with van der Waals surface area (Å²) >= 11 is 0. The van der Waals surface area contributed by atoms with Gasteiger partial charge in [-0.25, -0.2) is 13.4 Å². The smallest absolute Gasteiger partial charge is 0.254 e.